The second kappa shape index (κ2) is 6.64. The Morgan fingerprint density at radius 2 is 2.03 bits per heavy atom. The van der Waals surface area contributed by atoms with Crippen LogP contribution in [-0.4, -0.2) is 37.5 Å². The Bertz CT molecular complexity index is 1170. The molecule has 0 radical (unpaired) electrons. The van der Waals surface area contributed by atoms with Gasteiger partial charge in [-0.1, -0.05) is 0 Å². The van der Waals surface area contributed by atoms with Crippen molar-refractivity contribution in [3.8, 4) is 0 Å². The lowest BCUT2D eigenvalue weighted by Crippen LogP contribution is -2.22. The SMILES string of the molecule is FC(F)(F)CNc1nc(Nc2ccc3c(cnn3CC3CC3)c2)nc2[nH]ccc12. The molecule has 0 bridgehead atoms. The van der Waals surface area contributed by atoms with Gasteiger partial charge in [0.25, 0.3) is 0 Å². The monoisotopic (exact) mass is 401 g/mol. The molecule has 1 aromatic carbocycles. The average molecular weight is 401 g/mol. The van der Waals surface area contributed by atoms with Crippen LogP contribution in [0.5, 0.6) is 0 Å². The number of nitrogens with zero attached hydrogens (tertiary/aromatic N) is 4. The van der Waals surface area contributed by atoms with Gasteiger partial charge in [-0.05, 0) is 43.0 Å². The zero-order chi connectivity index (χ0) is 20.0. The van der Waals surface area contributed by atoms with Crippen molar-refractivity contribution in [3.63, 3.8) is 0 Å². The number of nitrogens with one attached hydrogen (secondary N) is 3. The summed E-state index contributed by atoms with van der Waals surface area (Å²) in [7, 11) is 0. The van der Waals surface area contributed by atoms with E-state index in [0.717, 1.165) is 29.1 Å². The molecule has 0 spiro atoms. The maximum Gasteiger partial charge on any atom is 0.405 e. The van der Waals surface area contributed by atoms with Crippen molar-refractivity contribution in [1.29, 1.82) is 0 Å². The van der Waals surface area contributed by atoms with Gasteiger partial charge in [-0.15, -0.1) is 0 Å². The molecule has 10 heteroatoms. The van der Waals surface area contributed by atoms with Crippen molar-refractivity contribution in [2.45, 2.75) is 25.6 Å². The first kappa shape index (κ1) is 17.8. The van der Waals surface area contributed by atoms with Crippen LogP contribution >= 0.6 is 0 Å². The minimum absolute atomic E-state index is 0.120. The van der Waals surface area contributed by atoms with E-state index in [4.69, 9.17) is 0 Å². The van der Waals surface area contributed by atoms with Gasteiger partial charge in [0.2, 0.25) is 5.95 Å². The molecule has 0 atom stereocenters. The van der Waals surface area contributed by atoms with Crippen LogP contribution in [0.25, 0.3) is 21.9 Å². The lowest BCUT2D eigenvalue weighted by atomic mass is 10.2. The first-order valence-electron chi connectivity index (χ1n) is 9.33. The smallest absolute Gasteiger partial charge is 0.360 e. The molecule has 5 rings (SSSR count). The summed E-state index contributed by atoms with van der Waals surface area (Å²) in [6.45, 7) is -0.243. The second-order valence-electron chi connectivity index (χ2n) is 7.27. The van der Waals surface area contributed by atoms with Gasteiger partial charge >= 0.3 is 6.18 Å². The number of aromatic nitrogens is 5. The number of fused-ring (bicyclic) bond motifs is 2. The average Bonchev–Trinajstić information content (AvgIpc) is 3.20. The molecular weight excluding hydrogens is 383 g/mol. The fourth-order valence-electron chi connectivity index (χ4n) is 3.30. The van der Waals surface area contributed by atoms with Crippen LogP contribution in [0.1, 0.15) is 12.8 Å². The lowest BCUT2D eigenvalue weighted by molar-refractivity contribution is -0.115. The van der Waals surface area contributed by atoms with Crippen LogP contribution in [-0.2, 0) is 6.54 Å². The summed E-state index contributed by atoms with van der Waals surface area (Å²) in [5.41, 5.74) is 2.23. The summed E-state index contributed by atoms with van der Waals surface area (Å²) in [6.07, 6.45) is 1.60. The maximum absolute atomic E-state index is 12.6. The van der Waals surface area contributed by atoms with Gasteiger partial charge in [-0.3, -0.25) is 4.68 Å². The highest BCUT2D eigenvalue weighted by molar-refractivity contribution is 5.89. The highest BCUT2D eigenvalue weighted by Gasteiger charge is 2.27. The highest BCUT2D eigenvalue weighted by atomic mass is 19.4. The highest BCUT2D eigenvalue weighted by Crippen LogP contribution is 2.32. The number of H-pyrrole nitrogens is 1. The molecule has 3 N–H and O–H groups in total. The number of aromatic amines is 1. The largest absolute Gasteiger partial charge is 0.405 e. The lowest BCUT2D eigenvalue weighted by Gasteiger charge is -2.12. The molecule has 0 amide bonds. The number of anilines is 3. The molecule has 3 aromatic heterocycles. The molecule has 1 saturated carbocycles. The minimum Gasteiger partial charge on any atom is -0.360 e. The molecule has 150 valence electrons. The van der Waals surface area contributed by atoms with Crippen molar-refractivity contribution >= 4 is 39.4 Å². The van der Waals surface area contributed by atoms with Crippen molar-refractivity contribution in [2.75, 3.05) is 17.2 Å². The number of hydrogen-bond donors (Lipinski definition) is 3. The Morgan fingerprint density at radius 1 is 1.17 bits per heavy atom. The molecule has 0 saturated heterocycles. The van der Waals surface area contributed by atoms with E-state index in [0.29, 0.717) is 11.0 Å². The molecule has 29 heavy (non-hydrogen) atoms. The number of benzene rings is 1. The maximum atomic E-state index is 12.6. The van der Waals surface area contributed by atoms with Gasteiger partial charge in [-0.25, -0.2) is 0 Å². The first-order chi connectivity index (χ1) is 13.9. The molecular formula is C19H18F3N7. The van der Waals surface area contributed by atoms with Gasteiger partial charge in [0.1, 0.15) is 18.0 Å². The van der Waals surface area contributed by atoms with Crippen molar-refractivity contribution in [3.05, 3.63) is 36.7 Å². The van der Waals surface area contributed by atoms with Gasteiger partial charge < -0.3 is 15.6 Å². The number of halogens is 3. The molecule has 0 unspecified atom stereocenters. The van der Waals surface area contributed by atoms with Gasteiger partial charge in [0, 0.05) is 23.8 Å². The normalized spacial score (nSPS) is 14.6. The van der Waals surface area contributed by atoms with Crippen LogP contribution in [0.2, 0.25) is 0 Å². The van der Waals surface area contributed by atoms with E-state index in [-0.39, 0.29) is 11.8 Å². The van der Waals surface area contributed by atoms with Crippen molar-refractivity contribution in [2.24, 2.45) is 5.92 Å². The van der Waals surface area contributed by atoms with Crippen molar-refractivity contribution < 1.29 is 13.2 Å². The molecule has 3 heterocycles. The Balaban J connectivity index is 1.42. The predicted octanol–water partition coefficient (Wildman–Crippen LogP) is 4.44. The Hall–Kier alpha value is -3.30. The fraction of sp³-hybridized carbons (Fsp3) is 0.316. The summed E-state index contributed by atoms with van der Waals surface area (Å²) < 4.78 is 39.8. The van der Waals surface area contributed by atoms with E-state index in [9.17, 15) is 13.2 Å². The van der Waals surface area contributed by atoms with E-state index >= 15 is 0 Å². The Labute approximate surface area is 163 Å². The third-order valence-corrected chi connectivity index (χ3v) is 4.90. The third-order valence-electron chi connectivity index (χ3n) is 4.90. The quantitative estimate of drug-likeness (QED) is 0.445. The molecule has 0 aliphatic heterocycles. The molecule has 7 nitrogen and oxygen atoms in total. The zero-order valence-corrected chi connectivity index (χ0v) is 15.3. The fourth-order valence-corrected chi connectivity index (χ4v) is 3.30. The second-order valence-corrected chi connectivity index (χ2v) is 7.27. The molecule has 4 aromatic rings. The van der Waals surface area contributed by atoms with Crippen LogP contribution in [0.4, 0.5) is 30.6 Å². The Kier molecular flexibility index (Phi) is 4.07. The number of rotatable bonds is 6. The number of alkyl halides is 3. The van der Waals surface area contributed by atoms with Crippen LogP contribution in [0.3, 0.4) is 0 Å². The van der Waals surface area contributed by atoms with Crippen molar-refractivity contribution in [1.82, 2.24) is 24.7 Å². The summed E-state index contributed by atoms with van der Waals surface area (Å²) in [4.78, 5) is 11.5. The van der Waals surface area contributed by atoms with E-state index in [2.05, 4.69) is 30.7 Å². The van der Waals surface area contributed by atoms with E-state index in [1.807, 2.05) is 29.1 Å². The van der Waals surface area contributed by atoms with E-state index in [1.165, 1.54) is 12.8 Å². The minimum atomic E-state index is -4.34. The predicted molar refractivity (Wildman–Crippen MR) is 104 cm³/mol. The van der Waals surface area contributed by atoms with Crippen LogP contribution in [0, 0.1) is 5.92 Å². The Morgan fingerprint density at radius 3 is 2.83 bits per heavy atom. The summed E-state index contributed by atoms with van der Waals surface area (Å²) in [6, 6.07) is 7.43. The third kappa shape index (κ3) is 3.82. The summed E-state index contributed by atoms with van der Waals surface area (Å²) in [5.74, 6) is 1.04. The zero-order valence-electron chi connectivity index (χ0n) is 15.3. The molecule has 1 aliphatic rings. The topological polar surface area (TPSA) is 83.4 Å². The van der Waals surface area contributed by atoms with E-state index < -0.39 is 12.7 Å². The van der Waals surface area contributed by atoms with Gasteiger partial charge in [-0.2, -0.15) is 28.2 Å². The summed E-state index contributed by atoms with van der Waals surface area (Å²) in [5, 5.41) is 11.4. The summed E-state index contributed by atoms with van der Waals surface area (Å²) >= 11 is 0. The molecule has 1 aliphatic carbocycles. The van der Waals surface area contributed by atoms with E-state index in [1.54, 1.807) is 12.3 Å². The molecule has 1 fully saturated rings. The van der Waals surface area contributed by atoms with Gasteiger partial charge in [0.05, 0.1) is 17.1 Å². The first-order valence-corrected chi connectivity index (χ1v) is 9.33. The number of hydrogen-bond acceptors (Lipinski definition) is 5. The van der Waals surface area contributed by atoms with Crippen LogP contribution < -0.4 is 10.6 Å². The van der Waals surface area contributed by atoms with Crippen LogP contribution in [0.15, 0.2) is 36.7 Å². The standard InChI is InChI=1S/C19H18F3N7/c20-19(21,22)10-24-17-14-5-6-23-16(14)27-18(28-17)26-13-3-4-15-12(7-13)8-25-29(15)9-11-1-2-11/h3-8,11H,1-2,9-10H2,(H3,23,24,26,27,28). The van der Waals surface area contributed by atoms with Gasteiger partial charge in [0.15, 0.2) is 0 Å².